The average molecular weight is 406 g/mol. The quantitative estimate of drug-likeness (QED) is 0.845. The first-order valence-corrected chi connectivity index (χ1v) is 10.2. The fourth-order valence-electron chi connectivity index (χ4n) is 3.44. The lowest BCUT2D eigenvalue weighted by molar-refractivity contribution is -0.120. The van der Waals surface area contributed by atoms with Crippen molar-refractivity contribution in [2.45, 2.75) is 25.7 Å². The van der Waals surface area contributed by atoms with Crippen LogP contribution in [0.3, 0.4) is 0 Å². The predicted octanol–water partition coefficient (Wildman–Crippen LogP) is 3.17. The molecule has 2 aliphatic rings. The number of amides is 2. The molecule has 1 atom stereocenters. The zero-order chi connectivity index (χ0) is 18.8. The monoisotopic (exact) mass is 405 g/mol. The molecule has 0 unspecified atom stereocenters. The van der Waals surface area contributed by atoms with Gasteiger partial charge in [0.15, 0.2) is 0 Å². The lowest BCUT2D eigenvalue weighted by atomic mass is 9.97. The van der Waals surface area contributed by atoms with Gasteiger partial charge >= 0.3 is 0 Å². The van der Waals surface area contributed by atoms with Gasteiger partial charge in [0.05, 0.1) is 5.92 Å². The van der Waals surface area contributed by atoms with Crippen molar-refractivity contribution < 1.29 is 9.59 Å². The van der Waals surface area contributed by atoms with E-state index in [2.05, 4.69) is 20.4 Å². The first kappa shape index (κ1) is 18.2. The highest BCUT2D eigenvalue weighted by atomic mass is 35.5. The molecule has 1 N–H and O–H groups in total. The summed E-state index contributed by atoms with van der Waals surface area (Å²) in [6.07, 6.45) is 3.19. The Balaban J connectivity index is 1.40. The van der Waals surface area contributed by atoms with E-state index in [0.29, 0.717) is 29.7 Å². The maximum absolute atomic E-state index is 12.6. The molecule has 7 nitrogen and oxygen atoms in total. The third-order valence-electron chi connectivity index (χ3n) is 4.88. The molecule has 2 amide bonds. The molecular formula is C18H20ClN5O2S. The number of carbonyl (C=O) groups excluding carboxylic acids is 2. The van der Waals surface area contributed by atoms with Crippen LogP contribution in [-0.2, 0) is 9.59 Å². The second kappa shape index (κ2) is 7.82. The Morgan fingerprint density at radius 1 is 1.15 bits per heavy atom. The highest BCUT2D eigenvalue weighted by Crippen LogP contribution is 2.32. The van der Waals surface area contributed by atoms with Crippen molar-refractivity contribution in [2.75, 3.05) is 34.8 Å². The molecule has 0 bridgehead atoms. The molecule has 0 radical (unpaired) electrons. The zero-order valence-electron chi connectivity index (χ0n) is 14.7. The lowest BCUT2D eigenvalue weighted by Gasteiger charge is -2.31. The molecular weight excluding hydrogens is 386 g/mol. The van der Waals surface area contributed by atoms with Gasteiger partial charge < -0.3 is 10.2 Å². The smallest absolute Gasteiger partial charge is 0.229 e. The summed E-state index contributed by atoms with van der Waals surface area (Å²) in [7, 11) is 0. The predicted molar refractivity (Wildman–Crippen MR) is 107 cm³/mol. The molecule has 27 heavy (non-hydrogen) atoms. The van der Waals surface area contributed by atoms with Gasteiger partial charge in [0.1, 0.15) is 0 Å². The number of benzene rings is 1. The molecule has 9 heteroatoms. The number of anilines is 3. The molecule has 142 valence electrons. The molecule has 0 aliphatic carbocycles. The summed E-state index contributed by atoms with van der Waals surface area (Å²) in [4.78, 5) is 28.3. The van der Waals surface area contributed by atoms with Gasteiger partial charge in [-0.25, -0.2) is 0 Å². The highest BCUT2D eigenvalue weighted by Gasteiger charge is 2.30. The number of piperidine rings is 1. The normalized spacial score (nSPS) is 20.2. The van der Waals surface area contributed by atoms with Crippen LogP contribution in [0.4, 0.5) is 16.0 Å². The number of nitrogens with one attached hydrogen (secondary N) is 1. The van der Waals surface area contributed by atoms with Crippen LogP contribution < -0.4 is 15.1 Å². The number of aromatic nitrogens is 2. The van der Waals surface area contributed by atoms with Gasteiger partial charge in [0, 0.05) is 36.8 Å². The summed E-state index contributed by atoms with van der Waals surface area (Å²) in [5.41, 5.74) is 0.743. The van der Waals surface area contributed by atoms with Crippen molar-refractivity contribution in [1.82, 2.24) is 10.2 Å². The van der Waals surface area contributed by atoms with E-state index in [0.717, 1.165) is 36.6 Å². The molecule has 1 aromatic carbocycles. The van der Waals surface area contributed by atoms with Crippen LogP contribution in [0.1, 0.15) is 25.7 Å². The fraction of sp³-hybridized carbons (Fsp3) is 0.444. The molecule has 3 heterocycles. The van der Waals surface area contributed by atoms with Gasteiger partial charge in [-0.2, -0.15) is 0 Å². The van der Waals surface area contributed by atoms with Crippen molar-refractivity contribution in [3.63, 3.8) is 0 Å². The van der Waals surface area contributed by atoms with Gasteiger partial charge in [0.2, 0.25) is 22.1 Å². The number of hydrogen-bond acceptors (Lipinski definition) is 6. The molecule has 2 aliphatic heterocycles. The Morgan fingerprint density at radius 2 is 1.93 bits per heavy atom. The Labute approximate surface area is 166 Å². The van der Waals surface area contributed by atoms with E-state index in [1.54, 1.807) is 29.2 Å². The minimum atomic E-state index is -0.116. The summed E-state index contributed by atoms with van der Waals surface area (Å²) in [6.45, 7) is 2.15. The Morgan fingerprint density at radius 3 is 2.67 bits per heavy atom. The average Bonchev–Trinajstić information content (AvgIpc) is 3.32. The number of carbonyl (C=O) groups is 2. The van der Waals surface area contributed by atoms with E-state index >= 15 is 0 Å². The second-order valence-corrected chi connectivity index (χ2v) is 8.17. The maximum atomic E-state index is 12.6. The van der Waals surface area contributed by atoms with Crippen molar-refractivity contribution in [2.24, 2.45) is 5.92 Å². The van der Waals surface area contributed by atoms with E-state index < -0.39 is 0 Å². The number of hydrogen-bond donors (Lipinski definition) is 1. The summed E-state index contributed by atoms with van der Waals surface area (Å²) >= 11 is 7.31. The molecule has 2 aromatic rings. The van der Waals surface area contributed by atoms with Gasteiger partial charge in [-0.1, -0.05) is 22.9 Å². The van der Waals surface area contributed by atoms with E-state index in [1.807, 2.05) is 0 Å². The zero-order valence-corrected chi connectivity index (χ0v) is 16.3. The van der Waals surface area contributed by atoms with Gasteiger partial charge in [-0.15, -0.1) is 10.2 Å². The van der Waals surface area contributed by atoms with Gasteiger partial charge in [-0.3, -0.25) is 14.5 Å². The van der Waals surface area contributed by atoms with Crippen molar-refractivity contribution in [3.8, 4) is 0 Å². The van der Waals surface area contributed by atoms with Crippen LogP contribution in [0.2, 0.25) is 5.02 Å². The van der Waals surface area contributed by atoms with Gasteiger partial charge in [-0.05, 0) is 43.5 Å². The van der Waals surface area contributed by atoms with Crippen molar-refractivity contribution in [1.29, 1.82) is 0 Å². The van der Waals surface area contributed by atoms with Crippen LogP contribution >= 0.6 is 22.9 Å². The molecule has 0 spiro atoms. The Hall–Kier alpha value is -2.19. The Bertz CT molecular complexity index is 841. The summed E-state index contributed by atoms with van der Waals surface area (Å²) in [5.74, 6) is -0.00626. The topological polar surface area (TPSA) is 78.4 Å². The molecule has 4 rings (SSSR count). The highest BCUT2D eigenvalue weighted by molar-refractivity contribution is 7.19. The summed E-state index contributed by atoms with van der Waals surface area (Å²) < 4.78 is 0. The number of halogens is 1. The van der Waals surface area contributed by atoms with E-state index in [-0.39, 0.29) is 17.7 Å². The largest absolute Gasteiger partial charge is 0.346 e. The van der Waals surface area contributed by atoms with Crippen molar-refractivity contribution in [3.05, 3.63) is 29.3 Å². The van der Waals surface area contributed by atoms with Crippen LogP contribution in [0.25, 0.3) is 0 Å². The van der Waals surface area contributed by atoms with Crippen LogP contribution in [0.5, 0.6) is 0 Å². The molecule has 2 saturated heterocycles. The maximum Gasteiger partial charge on any atom is 0.229 e. The summed E-state index contributed by atoms with van der Waals surface area (Å²) in [5, 5.41) is 13.5. The van der Waals surface area contributed by atoms with Crippen molar-refractivity contribution >= 4 is 50.7 Å². The lowest BCUT2D eigenvalue weighted by Crippen LogP contribution is -2.40. The van der Waals surface area contributed by atoms with E-state index in [1.165, 1.54) is 11.3 Å². The minimum absolute atomic E-state index is 0.00137. The third kappa shape index (κ3) is 4.06. The SMILES string of the molecule is O=C(Nc1ccc(Cl)cc1)[C@H]1CCCN(c2nnc(N3CCCC3=O)s2)C1. The molecule has 2 fully saturated rings. The number of rotatable bonds is 4. The van der Waals surface area contributed by atoms with E-state index in [4.69, 9.17) is 11.6 Å². The van der Waals surface area contributed by atoms with Gasteiger partial charge in [0.25, 0.3) is 0 Å². The second-order valence-electron chi connectivity index (χ2n) is 6.80. The van der Waals surface area contributed by atoms with E-state index in [9.17, 15) is 9.59 Å². The summed E-state index contributed by atoms with van der Waals surface area (Å²) in [6, 6.07) is 7.11. The first-order chi connectivity index (χ1) is 13.1. The third-order valence-corrected chi connectivity index (χ3v) is 6.14. The van der Waals surface area contributed by atoms with Crippen LogP contribution in [-0.4, -0.2) is 41.6 Å². The van der Waals surface area contributed by atoms with Crippen LogP contribution in [0.15, 0.2) is 24.3 Å². The fourth-order valence-corrected chi connectivity index (χ4v) is 4.49. The minimum Gasteiger partial charge on any atom is -0.346 e. The first-order valence-electron chi connectivity index (χ1n) is 9.05. The number of nitrogens with zero attached hydrogens (tertiary/aromatic N) is 4. The molecule has 0 saturated carbocycles. The standard InChI is InChI=1S/C18H20ClN5O2S/c19-13-5-7-14(8-6-13)20-16(26)12-3-1-9-23(11-12)17-21-22-18(27-17)24-10-2-4-15(24)25/h5-8,12H,1-4,9-11H2,(H,20,26)/t12-/m0/s1. The molecule has 1 aromatic heterocycles. The van der Waals surface area contributed by atoms with Crippen LogP contribution in [0, 0.1) is 5.92 Å². The Kier molecular flexibility index (Phi) is 5.27.